The zero-order valence-corrected chi connectivity index (χ0v) is 11.6. The first-order chi connectivity index (χ1) is 8.75. The Hall–Kier alpha value is -1.02. The Morgan fingerprint density at radius 2 is 1.89 bits per heavy atom. The van der Waals surface area contributed by atoms with Crippen LogP contribution in [0, 0.1) is 0 Å². The molecule has 2 aliphatic rings. The normalized spacial score (nSPS) is 24.6. The molecule has 1 aromatic carbocycles. The molecule has 1 aliphatic heterocycles. The fraction of sp³-hybridized carbons (Fsp3) is 0.625. The molecule has 0 bridgehead atoms. The summed E-state index contributed by atoms with van der Waals surface area (Å²) in [5.74, 6) is 0.833. The highest BCUT2D eigenvalue weighted by Crippen LogP contribution is 2.41. The van der Waals surface area contributed by atoms with Gasteiger partial charge in [-0.25, -0.2) is 0 Å². The fourth-order valence-corrected chi connectivity index (χ4v) is 3.22. The molecule has 0 spiro atoms. The van der Waals surface area contributed by atoms with Gasteiger partial charge in [0.15, 0.2) is 0 Å². The largest absolute Gasteiger partial charge is 0.370 e. The Morgan fingerprint density at radius 3 is 2.50 bits per heavy atom. The van der Waals surface area contributed by atoms with Crippen molar-refractivity contribution in [2.24, 2.45) is 0 Å². The summed E-state index contributed by atoms with van der Waals surface area (Å²) in [5, 5.41) is 0. The van der Waals surface area contributed by atoms with Crippen LogP contribution in [0.2, 0.25) is 0 Å². The van der Waals surface area contributed by atoms with Crippen LogP contribution in [0.25, 0.3) is 0 Å². The van der Waals surface area contributed by atoms with E-state index in [0.29, 0.717) is 0 Å². The minimum absolute atomic E-state index is 0.722. The highest BCUT2D eigenvalue weighted by atomic mass is 15.2. The molecule has 2 heteroatoms. The standard InChI is InChI=1S/C16H24N2/c1-17(2)14-10-11-18(12-14)16-9-4-3-8-15(16)13-6-5-7-13/h3-4,8-9,13-14H,5-7,10-12H2,1-2H3/t14-/m1/s1. The molecule has 1 heterocycles. The molecular weight excluding hydrogens is 220 g/mol. The van der Waals surface area contributed by atoms with E-state index in [9.17, 15) is 0 Å². The van der Waals surface area contributed by atoms with E-state index in [-0.39, 0.29) is 0 Å². The first kappa shape index (κ1) is 12.0. The molecule has 0 N–H and O–H groups in total. The third-order valence-electron chi connectivity index (χ3n) is 4.72. The lowest BCUT2D eigenvalue weighted by molar-refractivity contribution is 0.315. The molecule has 98 valence electrons. The Kier molecular flexibility index (Phi) is 3.29. The minimum Gasteiger partial charge on any atom is -0.370 e. The number of likely N-dealkylation sites (N-methyl/N-ethyl adjacent to an activating group) is 1. The van der Waals surface area contributed by atoms with Crippen LogP contribution < -0.4 is 4.90 Å². The van der Waals surface area contributed by atoms with Gasteiger partial charge in [-0.2, -0.15) is 0 Å². The molecule has 0 amide bonds. The number of benzene rings is 1. The minimum atomic E-state index is 0.722. The Bertz CT molecular complexity index is 409. The second kappa shape index (κ2) is 4.93. The molecule has 1 saturated carbocycles. The average Bonchev–Trinajstić information content (AvgIpc) is 2.77. The molecule has 0 aromatic heterocycles. The molecular formula is C16H24N2. The van der Waals surface area contributed by atoms with E-state index in [1.807, 2.05) is 0 Å². The highest BCUT2D eigenvalue weighted by molar-refractivity contribution is 5.56. The second-order valence-electron chi connectivity index (χ2n) is 6.04. The van der Waals surface area contributed by atoms with Gasteiger partial charge in [-0.05, 0) is 50.9 Å². The van der Waals surface area contributed by atoms with Crippen LogP contribution in [0.1, 0.15) is 37.2 Å². The fourth-order valence-electron chi connectivity index (χ4n) is 3.22. The SMILES string of the molecule is CN(C)[C@@H]1CCN(c2ccccc2C2CCC2)C1. The van der Waals surface area contributed by atoms with Crippen molar-refractivity contribution in [1.82, 2.24) is 4.90 Å². The Labute approximate surface area is 111 Å². The van der Waals surface area contributed by atoms with E-state index in [4.69, 9.17) is 0 Å². The molecule has 0 unspecified atom stereocenters. The molecule has 3 rings (SSSR count). The van der Waals surface area contributed by atoms with Gasteiger partial charge in [-0.3, -0.25) is 0 Å². The van der Waals surface area contributed by atoms with Gasteiger partial charge in [0.2, 0.25) is 0 Å². The lowest BCUT2D eigenvalue weighted by atomic mass is 9.79. The summed E-state index contributed by atoms with van der Waals surface area (Å²) in [6.45, 7) is 2.41. The highest BCUT2D eigenvalue weighted by Gasteiger charge is 2.28. The number of para-hydroxylation sites is 1. The molecule has 2 fully saturated rings. The van der Waals surface area contributed by atoms with Gasteiger partial charge < -0.3 is 9.80 Å². The van der Waals surface area contributed by atoms with E-state index < -0.39 is 0 Å². The molecule has 0 radical (unpaired) electrons. The van der Waals surface area contributed by atoms with Crippen molar-refractivity contribution in [3.05, 3.63) is 29.8 Å². The van der Waals surface area contributed by atoms with E-state index >= 15 is 0 Å². The molecule has 1 saturated heterocycles. The molecule has 18 heavy (non-hydrogen) atoms. The van der Waals surface area contributed by atoms with Gasteiger partial charge in [0.1, 0.15) is 0 Å². The van der Waals surface area contributed by atoms with E-state index in [2.05, 4.69) is 48.2 Å². The molecule has 1 aromatic rings. The first-order valence-corrected chi connectivity index (χ1v) is 7.26. The summed E-state index contributed by atoms with van der Waals surface area (Å²) in [6, 6.07) is 9.80. The summed E-state index contributed by atoms with van der Waals surface area (Å²) in [4.78, 5) is 4.96. The zero-order valence-electron chi connectivity index (χ0n) is 11.6. The van der Waals surface area contributed by atoms with Gasteiger partial charge in [-0.1, -0.05) is 24.6 Å². The van der Waals surface area contributed by atoms with E-state index in [0.717, 1.165) is 12.0 Å². The van der Waals surface area contributed by atoms with Crippen molar-refractivity contribution in [1.29, 1.82) is 0 Å². The number of hydrogen-bond acceptors (Lipinski definition) is 2. The molecule has 1 aliphatic carbocycles. The summed E-state index contributed by atoms with van der Waals surface area (Å²) < 4.78 is 0. The predicted molar refractivity (Wildman–Crippen MR) is 77.3 cm³/mol. The van der Waals surface area contributed by atoms with Crippen LogP contribution in [-0.4, -0.2) is 38.1 Å². The van der Waals surface area contributed by atoms with Crippen LogP contribution in [-0.2, 0) is 0 Å². The predicted octanol–water partition coefficient (Wildman–Crippen LogP) is 3.09. The Balaban J connectivity index is 1.80. The number of anilines is 1. The number of hydrogen-bond donors (Lipinski definition) is 0. The topological polar surface area (TPSA) is 6.48 Å². The Morgan fingerprint density at radius 1 is 1.11 bits per heavy atom. The van der Waals surface area contributed by atoms with Crippen LogP contribution in [0.5, 0.6) is 0 Å². The van der Waals surface area contributed by atoms with E-state index in [1.165, 1.54) is 44.5 Å². The van der Waals surface area contributed by atoms with Crippen molar-refractivity contribution in [3.8, 4) is 0 Å². The summed E-state index contributed by atoms with van der Waals surface area (Å²) in [6.07, 6.45) is 5.50. The monoisotopic (exact) mass is 244 g/mol. The summed E-state index contributed by atoms with van der Waals surface area (Å²) >= 11 is 0. The van der Waals surface area contributed by atoms with Crippen molar-refractivity contribution < 1.29 is 0 Å². The molecule has 1 atom stereocenters. The van der Waals surface area contributed by atoms with Gasteiger partial charge in [0.25, 0.3) is 0 Å². The van der Waals surface area contributed by atoms with E-state index in [1.54, 1.807) is 5.56 Å². The first-order valence-electron chi connectivity index (χ1n) is 7.26. The summed E-state index contributed by atoms with van der Waals surface area (Å²) in [7, 11) is 4.40. The lowest BCUT2D eigenvalue weighted by Crippen LogP contribution is -2.32. The zero-order chi connectivity index (χ0) is 12.5. The maximum atomic E-state index is 2.60. The van der Waals surface area contributed by atoms with Gasteiger partial charge in [0.05, 0.1) is 0 Å². The van der Waals surface area contributed by atoms with Crippen LogP contribution in [0.15, 0.2) is 24.3 Å². The second-order valence-corrected chi connectivity index (χ2v) is 6.04. The van der Waals surface area contributed by atoms with Gasteiger partial charge in [0, 0.05) is 24.8 Å². The van der Waals surface area contributed by atoms with Crippen molar-refractivity contribution in [2.45, 2.75) is 37.6 Å². The average molecular weight is 244 g/mol. The van der Waals surface area contributed by atoms with Crippen LogP contribution in [0.3, 0.4) is 0 Å². The maximum absolute atomic E-state index is 2.60. The quantitative estimate of drug-likeness (QED) is 0.806. The van der Waals surface area contributed by atoms with Crippen molar-refractivity contribution in [2.75, 3.05) is 32.1 Å². The lowest BCUT2D eigenvalue weighted by Gasteiger charge is -2.31. The van der Waals surface area contributed by atoms with Crippen molar-refractivity contribution >= 4 is 5.69 Å². The molecule has 2 nitrogen and oxygen atoms in total. The van der Waals surface area contributed by atoms with Crippen LogP contribution in [0.4, 0.5) is 5.69 Å². The van der Waals surface area contributed by atoms with Gasteiger partial charge in [-0.15, -0.1) is 0 Å². The number of rotatable bonds is 3. The third kappa shape index (κ3) is 2.14. The smallest absolute Gasteiger partial charge is 0.0402 e. The summed E-state index contributed by atoms with van der Waals surface area (Å²) in [5.41, 5.74) is 3.11. The van der Waals surface area contributed by atoms with Gasteiger partial charge >= 0.3 is 0 Å². The maximum Gasteiger partial charge on any atom is 0.0402 e. The number of nitrogens with zero attached hydrogens (tertiary/aromatic N) is 2. The third-order valence-corrected chi connectivity index (χ3v) is 4.72. The van der Waals surface area contributed by atoms with Crippen molar-refractivity contribution in [3.63, 3.8) is 0 Å². The van der Waals surface area contributed by atoms with Crippen LogP contribution >= 0.6 is 0 Å².